The lowest BCUT2D eigenvalue weighted by Gasteiger charge is -1.95. The number of pyridine rings is 1. The zero-order chi connectivity index (χ0) is 9.35. The average Bonchev–Trinajstić information content (AvgIpc) is 1.83. The molecule has 0 aliphatic carbocycles. The lowest BCUT2D eigenvalue weighted by molar-refractivity contribution is 0.517. The second-order valence-electron chi connectivity index (χ2n) is 1.86. The molecule has 12 heavy (non-hydrogen) atoms. The molecule has 0 radical (unpaired) electrons. The molecule has 0 amide bonds. The number of rotatable bonds is 1. The van der Waals surface area contributed by atoms with E-state index in [-0.39, 0.29) is 5.15 Å². The minimum atomic E-state index is -5.05. The highest BCUT2D eigenvalue weighted by Gasteiger charge is 2.18. The maximum atomic E-state index is 12.5. The molecule has 0 bridgehead atoms. The molecule has 0 saturated heterocycles. The number of aromatic nitrogens is 1. The van der Waals surface area contributed by atoms with E-state index in [4.69, 9.17) is 11.6 Å². The summed E-state index contributed by atoms with van der Waals surface area (Å²) in [6.45, 7) is 0. The monoisotopic (exact) mass is 213 g/mol. The van der Waals surface area contributed by atoms with Gasteiger partial charge < -0.3 is 0 Å². The highest BCUT2D eigenvalue weighted by molar-refractivity contribution is 7.86. The van der Waals surface area contributed by atoms with Crippen molar-refractivity contribution in [1.82, 2.24) is 4.98 Å². The smallest absolute Gasteiger partial charge is 0.207 e. The Bertz CT molecular complexity index is 406. The quantitative estimate of drug-likeness (QED) is 0.525. The van der Waals surface area contributed by atoms with Crippen LogP contribution in [0.15, 0.2) is 17.0 Å². The van der Waals surface area contributed by atoms with E-state index in [0.717, 1.165) is 6.07 Å². The van der Waals surface area contributed by atoms with Gasteiger partial charge >= 0.3 is 10.2 Å². The number of nitrogens with zero attached hydrogens (tertiary/aromatic N) is 1. The maximum absolute atomic E-state index is 12.5. The largest absolute Gasteiger partial charge is 0.336 e. The van der Waals surface area contributed by atoms with Crippen molar-refractivity contribution in [3.05, 3.63) is 23.2 Å². The standard InChI is InChI=1S/C5H2ClF2NO2S/c6-4-2-1-3(5(7)9-4)12(8,10)11/h1-2H. The molecule has 0 aliphatic heterocycles. The van der Waals surface area contributed by atoms with Crippen molar-refractivity contribution < 1.29 is 16.7 Å². The van der Waals surface area contributed by atoms with Crippen LogP contribution in [-0.2, 0) is 10.2 Å². The molecule has 3 nitrogen and oxygen atoms in total. The van der Waals surface area contributed by atoms with E-state index in [1.807, 2.05) is 0 Å². The summed E-state index contributed by atoms with van der Waals surface area (Å²) < 4.78 is 45.0. The van der Waals surface area contributed by atoms with Crippen LogP contribution in [0, 0.1) is 5.95 Å². The first kappa shape index (κ1) is 9.34. The minimum Gasteiger partial charge on any atom is -0.207 e. The summed E-state index contributed by atoms with van der Waals surface area (Å²) in [7, 11) is -5.05. The summed E-state index contributed by atoms with van der Waals surface area (Å²) in [5, 5.41) is -0.236. The average molecular weight is 214 g/mol. The Labute approximate surface area is 72.2 Å². The number of halogens is 3. The fraction of sp³-hybridized carbons (Fsp3) is 0. The first-order chi connectivity index (χ1) is 5.41. The molecule has 0 aromatic carbocycles. The van der Waals surface area contributed by atoms with Gasteiger partial charge in [-0.3, -0.25) is 0 Å². The zero-order valence-corrected chi connectivity index (χ0v) is 7.03. The second kappa shape index (κ2) is 2.95. The van der Waals surface area contributed by atoms with E-state index in [9.17, 15) is 16.7 Å². The van der Waals surface area contributed by atoms with Crippen molar-refractivity contribution in [2.24, 2.45) is 0 Å². The summed E-state index contributed by atoms with van der Waals surface area (Å²) in [6, 6.07) is 1.69. The molecule has 0 saturated carbocycles. The fourth-order valence-electron chi connectivity index (χ4n) is 0.581. The van der Waals surface area contributed by atoms with E-state index in [1.54, 1.807) is 0 Å². The van der Waals surface area contributed by atoms with Gasteiger partial charge in [0.2, 0.25) is 5.95 Å². The van der Waals surface area contributed by atoms with Gasteiger partial charge in [0.1, 0.15) is 5.15 Å². The summed E-state index contributed by atoms with van der Waals surface area (Å²) in [6.07, 6.45) is 0. The van der Waals surface area contributed by atoms with Crippen LogP contribution in [-0.4, -0.2) is 13.4 Å². The van der Waals surface area contributed by atoms with Crippen LogP contribution in [0.5, 0.6) is 0 Å². The van der Waals surface area contributed by atoms with E-state index < -0.39 is 21.1 Å². The van der Waals surface area contributed by atoms with Gasteiger partial charge in [-0.2, -0.15) is 12.8 Å². The van der Waals surface area contributed by atoms with E-state index in [1.165, 1.54) is 0 Å². The van der Waals surface area contributed by atoms with Crippen molar-refractivity contribution in [3.63, 3.8) is 0 Å². The molecule has 0 N–H and O–H groups in total. The highest BCUT2D eigenvalue weighted by Crippen LogP contribution is 2.16. The third kappa shape index (κ3) is 1.89. The topological polar surface area (TPSA) is 47.0 Å². The molecule has 1 aromatic heterocycles. The van der Waals surface area contributed by atoms with Gasteiger partial charge in [-0.1, -0.05) is 11.6 Å². The molecule has 1 rings (SSSR count). The van der Waals surface area contributed by atoms with Crippen LogP contribution in [0.4, 0.5) is 8.28 Å². The molecule has 0 fully saturated rings. The van der Waals surface area contributed by atoms with E-state index >= 15 is 0 Å². The number of hydrogen-bond acceptors (Lipinski definition) is 3. The molecular formula is C5H2ClF2NO2S. The molecule has 7 heteroatoms. The van der Waals surface area contributed by atoms with Crippen LogP contribution >= 0.6 is 11.6 Å². The molecular weight excluding hydrogens is 212 g/mol. The summed E-state index contributed by atoms with van der Waals surface area (Å²) >= 11 is 5.20. The summed E-state index contributed by atoms with van der Waals surface area (Å²) in [5.41, 5.74) is 0. The van der Waals surface area contributed by atoms with Gasteiger partial charge in [0.25, 0.3) is 0 Å². The predicted molar refractivity (Wildman–Crippen MR) is 37.5 cm³/mol. The third-order valence-electron chi connectivity index (χ3n) is 1.04. The Morgan fingerprint density at radius 1 is 1.42 bits per heavy atom. The molecule has 0 aliphatic rings. The van der Waals surface area contributed by atoms with Crippen molar-refractivity contribution in [3.8, 4) is 0 Å². The van der Waals surface area contributed by atoms with Gasteiger partial charge in [-0.25, -0.2) is 4.98 Å². The Morgan fingerprint density at radius 2 is 2.00 bits per heavy atom. The minimum absolute atomic E-state index is 0.236. The lowest BCUT2D eigenvalue weighted by Crippen LogP contribution is -1.98. The predicted octanol–water partition coefficient (Wildman–Crippen LogP) is 1.53. The van der Waals surface area contributed by atoms with E-state index in [2.05, 4.69) is 4.98 Å². The van der Waals surface area contributed by atoms with Crippen LogP contribution < -0.4 is 0 Å². The Morgan fingerprint density at radius 3 is 2.42 bits per heavy atom. The van der Waals surface area contributed by atoms with Crippen LogP contribution in [0.25, 0.3) is 0 Å². The Hall–Kier alpha value is -0.750. The van der Waals surface area contributed by atoms with Gasteiger partial charge in [-0.05, 0) is 12.1 Å². The SMILES string of the molecule is O=S(=O)(F)c1ccc(Cl)nc1F. The van der Waals surface area contributed by atoms with E-state index in [0.29, 0.717) is 6.07 Å². The van der Waals surface area contributed by atoms with Crippen LogP contribution in [0.2, 0.25) is 5.15 Å². The van der Waals surface area contributed by atoms with Gasteiger partial charge in [0.05, 0.1) is 0 Å². The van der Waals surface area contributed by atoms with Crippen molar-refractivity contribution >= 4 is 21.8 Å². The van der Waals surface area contributed by atoms with Crippen molar-refractivity contribution in [2.45, 2.75) is 4.90 Å². The third-order valence-corrected chi connectivity index (χ3v) is 2.08. The maximum Gasteiger partial charge on any atom is 0.336 e. The normalized spacial score (nSPS) is 11.6. The zero-order valence-electron chi connectivity index (χ0n) is 5.46. The summed E-state index contributed by atoms with van der Waals surface area (Å²) in [5.74, 6) is -1.44. The molecule has 66 valence electrons. The van der Waals surface area contributed by atoms with Gasteiger partial charge in [-0.15, -0.1) is 3.89 Å². The fourth-order valence-corrected chi connectivity index (χ4v) is 1.20. The highest BCUT2D eigenvalue weighted by atomic mass is 35.5. The first-order valence-electron chi connectivity index (χ1n) is 2.68. The first-order valence-corrected chi connectivity index (χ1v) is 4.44. The molecule has 1 heterocycles. The van der Waals surface area contributed by atoms with Gasteiger partial charge in [0.15, 0.2) is 4.90 Å². The lowest BCUT2D eigenvalue weighted by atomic mass is 10.5. The second-order valence-corrected chi connectivity index (χ2v) is 3.56. The molecule has 0 spiro atoms. The molecule has 0 atom stereocenters. The molecule has 0 unspecified atom stereocenters. The summed E-state index contributed by atoms with van der Waals surface area (Å²) in [4.78, 5) is 1.81. The van der Waals surface area contributed by atoms with Gasteiger partial charge in [0, 0.05) is 0 Å². The van der Waals surface area contributed by atoms with Crippen LogP contribution in [0.1, 0.15) is 0 Å². The number of hydrogen-bond donors (Lipinski definition) is 0. The van der Waals surface area contributed by atoms with Crippen molar-refractivity contribution in [1.29, 1.82) is 0 Å². The Kier molecular flexibility index (Phi) is 2.29. The Balaban J connectivity index is 3.39. The van der Waals surface area contributed by atoms with Crippen LogP contribution in [0.3, 0.4) is 0 Å². The van der Waals surface area contributed by atoms with Crippen molar-refractivity contribution in [2.75, 3.05) is 0 Å². The molecule has 1 aromatic rings.